The molecule has 3 nitrogen and oxygen atoms in total. The molecular weight excluding hydrogens is 266 g/mol. The Morgan fingerprint density at radius 3 is 2.75 bits per heavy atom. The highest BCUT2D eigenvalue weighted by Gasteiger charge is 2.10. The fourth-order valence-electron chi connectivity index (χ4n) is 2.15. The number of nitrogens with zero attached hydrogens (tertiary/aromatic N) is 2. The van der Waals surface area contributed by atoms with Crippen LogP contribution in [0.2, 0.25) is 0 Å². The van der Waals surface area contributed by atoms with Gasteiger partial charge >= 0.3 is 0 Å². The van der Waals surface area contributed by atoms with E-state index in [2.05, 4.69) is 23.0 Å². The lowest BCUT2D eigenvalue weighted by molar-refractivity contribution is 1.21. The van der Waals surface area contributed by atoms with E-state index in [4.69, 9.17) is 5.73 Å². The maximum absolute atomic E-state index is 5.82. The normalized spacial score (nSPS) is 10.7. The maximum Gasteiger partial charge on any atom is 0.142 e. The average molecular weight is 281 g/mol. The van der Waals surface area contributed by atoms with Gasteiger partial charge in [0.15, 0.2) is 0 Å². The summed E-state index contributed by atoms with van der Waals surface area (Å²) in [6, 6.07) is 9.91. The van der Waals surface area contributed by atoms with Crippen molar-refractivity contribution in [1.29, 1.82) is 0 Å². The third-order valence-corrected chi connectivity index (χ3v) is 3.95. The number of nitrogens with two attached hydrogens (primary N) is 1. The summed E-state index contributed by atoms with van der Waals surface area (Å²) < 4.78 is 0. The van der Waals surface area contributed by atoms with Crippen LogP contribution in [0.3, 0.4) is 0 Å². The molecule has 0 aliphatic carbocycles. The molecule has 0 spiro atoms. The van der Waals surface area contributed by atoms with E-state index in [-0.39, 0.29) is 0 Å². The van der Waals surface area contributed by atoms with Crippen LogP contribution in [0.5, 0.6) is 0 Å². The quantitative estimate of drug-likeness (QED) is 0.720. The zero-order valence-corrected chi connectivity index (χ0v) is 12.2. The Hall–Kier alpha value is -2.20. The highest BCUT2D eigenvalue weighted by atomic mass is 32.1. The van der Waals surface area contributed by atoms with E-state index in [1.807, 2.05) is 42.8 Å². The molecule has 20 heavy (non-hydrogen) atoms. The Morgan fingerprint density at radius 2 is 2.00 bits per heavy atom. The largest absolute Gasteiger partial charge is 0.399 e. The van der Waals surface area contributed by atoms with Crippen molar-refractivity contribution in [2.75, 3.05) is 5.73 Å². The minimum absolute atomic E-state index is 0.752. The first-order valence-corrected chi connectivity index (χ1v) is 7.26. The summed E-state index contributed by atoms with van der Waals surface area (Å²) >= 11 is 1.61. The average Bonchev–Trinajstić information content (AvgIpc) is 2.88. The number of aromatic nitrogens is 2. The molecule has 3 aromatic rings. The summed E-state index contributed by atoms with van der Waals surface area (Å²) in [5, 5.41) is 2.99. The highest BCUT2D eigenvalue weighted by molar-refractivity contribution is 7.13. The Kier molecular flexibility index (Phi) is 3.24. The van der Waals surface area contributed by atoms with Gasteiger partial charge in [0.05, 0.1) is 5.69 Å². The molecule has 0 unspecified atom stereocenters. The van der Waals surface area contributed by atoms with Gasteiger partial charge in [-0.25, -0.2) is 4.98 Å². The molecule has 0 amide bonds. The highest BCUT2D eigenvalue weighted by Crippen LogP contribution is 2.30. The molecule has 0 atom stereocenters. The number of anilines is 1. The Labute approximate surface area is 122 Å². The lowest BCUT2D eigenvalue weighted by Gasteiger charge is -2.02. The van der Waals surface area contributed by atoms with E-state index in [0.29, 0.717) is 0 Å². The summed E-state index contributed by atoms with van der Waals surface area (Å²) in [5.74, 6) is 0. The summed E-state index contributed by atoms with van der Waals surface area (Å²) in [6.07, 6.45) is 1.88. The maximum atomic E-state index is 5.82. The lowest BCUT2D eigenvalue weighted by Crippen LogP contribution is -1.89. The second kappa shape index (κ2) is 5.06. The van der Waals surface area contributed by atoms with Gasteiger partial charge in [-0.3, -0.25) is 4.98 Å². The SMILES string of the molecule is Cc1cnc(-c2nc(-c3cccc(N)c3)cs2)c(C)c1. The molecular formula is C16H15N3S. The van der Waals surface area contributed by atoms with Gasteiger partial charge < -0.3 is 5.73 Å². The van der Waals surface area contributed by atoms with Crippen molar-refractivity contribution in [3.05, 3.63) is 53.0 Å². The summed E-state index contributed by atoms with van der Waals surface area (Å²) in [5.41, 5.74) is 11.8. The van der Waals surface area contributed by atoms with Crippen LogP contribution < -0.4 is 5.73 Å². The van der Waals surface area contributed by atoms with Crippen LogP contribution in [0.25, 0.3) is 22.0 Å². The van der Waals surface area contributed by atoms with Crippen molar-refractivity contribution < 1.29 is 0 Å². The molecule has 0 aliphatic heterocycles. The predicted octanol–water partition coefficient (Wildman–Crippen LogP) is 4.07. The van der Waals surface area contributed by atoms with Crippen LogP contribution in [0.15, 0.2) is 41.9 Å². The van der Waals surface area contributed by atoms with Crippen molar-refractivity contribution in [3.63, 3.8) is 0 Å². The molecule has 100 valence electrons. The fourth-order valence-corrected chi connectivity index (χ4v) is 3.04. The molecule has 2 N–H and O–H groups in total. The van der Waals surface area contributed by atoms with Crippen LogP contribution in [0.1, 0.15) is 11.1 Å². The molecule has 0 saturated carbocycles. The van der Waals surface area contributed by atoms with E-state index < -0.39 is 0 Å². The Bertz CT molecular complexity index is 762. The lowest BCUT2D eigenvalue weighted by atomic mass is 10.1. The summed E-state index contributed by atoms with van der Waals surface area (Å²) in [6.45, 7) is 4.11. The van der Waals surface area contributed by atoms with Gasteiger partial charge in [-0.15, -0.1) is 11.3 Å². The van der Waals surface area contributed by atoms with Crippen molar-refractivity contribution in [2.24, 2.45) is 0 Å². The molecule has 0 aliphatic rings. The number of nitrogen functional groups attached to an aromatic ring is 1. The topological polar surface area (TPSA) is 51.8 Å². The molecule has 3 rings (SSSR count). The molecule has 2 heterocycles. The van der Waals surface area contributed by atoms with E-state index >= 15 is 0 Å². The number of hydrogen-bond donors (Lipinski definition) is 1. The third-order valence-electron chi connectivity index (χ3n) is 3.10. The molecule has 4 heteroatoms. The zero-order valence-electron chi connectivity index (χ0n) is 11.4. The van der Waals surface area contributed by atoms with Crippen LogP contribution >= 0.6 is 11.3 Å². The fraction of sp³-hybridized carbons (Fsp3) is 0.125. The van der Waals surface area contributed by atoms with Crippen molar-refractivity contribution >= 4 is 17.0 Å². The van der Waals surface area contributed by atoms with Crippen LogP contribution in [-0.4, -0.2) is 9.97 Å². The summed E-state index contributed by atoms with van der Waals surface area (Å²) in [7, 11) is 0. The van der Waals surface area contributed by atoms with E-state index in [9.17, 15) is 0 Å². The zero-order chi connectivity index (χ0) is 14.1. The number of pyridine rings is 1. The van der Waals surface area contributed by atoms with Crippen LogP contribution in [0, 0.1) is 13.8 Å². The molecule has 0 radical (unpaired) electrons. The molecule has 0 fully saturated rings. The van der Waals surface area contributed by atoms with Gasteiger partial charge in [-0.05, 0) is 37.1 Å². The molecule has 1 aromatic carbocycles. The van der Waals surface area contributed by atoms with Gasteiger partial charge in [0.2, 0.25) is 0 Å². The standard InChI is InChI=1S/C16H15N3S/c1-10-6-11(2)15(18-8-10)16-19-14(9-20-16)12-4-3-5-13(17)7-12/h3-9H,17H2,1-2H3. The second-order valence-corrected chi connectivity index (χ2v) is 5.70. The van der Waals surface area contributed by atoms with Gasteiger partial charge in [-0.1, -0.05) is 18.2 Å². The van der Waals surface area contributed by atoms with Gasteiger partial charge in [0, 0.05) is 22.8 Å². The van der Waals surface area contributed by atoms with Gasteiger partial charge in [0.1, 0.15) is 10.7 Å². The van der Waals surface area contributed by atoms with Crippen molar-refractivity contribution in [2.45, 2.75) is 13.8 Å². The first-order valence-electron chi connectivity index (χ1n) is 6.38. The number of aryl methyl sites for hydroxylation is 2. The van der Waals surface area contributed by atoms with E-state index in [0.717, 1.165) is 33.2 Å². The van der Waals surface area contributed by atoms with Crippen LogP contribution in [0.4, 0.5) is 5.69 Å². The number of benzene rings is 1. The van der Waals surface area contributed by atoms with Crippen molar-refractivity contribution in [1.82, 2.24) is 9.97 Å². The first-order chi connectivity index (χ1) is 9.63. The molecule has 0 bridgehead atoms. The Morgan fingerprint density at radius 1 is 1.15 bits per heavy atom. The van der Waals surface area contributed by atoms with Gasteiger partial charge in [0.25, 0.3) is 0 Å². The van der Waals surface area contributed by atoms with Gasteiger partial charge in [-0.2, -0.15) is 0 Å². The van der Waals surface area contributed by atoms with E-state index in [1.54, 1.807) is 11.3 Å². The van der Waals surface area contributed by atoms with E-state index in [1.165, 1.54) is 5.56 Å². The van der Waals surface area contributed by atoms with Crippen LogP contribution in [-0.2, 0) is 0 Å². The molecule has 0 saturated heterocycles. The second-order valence-electron chi connectivity index (χ2n) is 4.84. The Balaban J connectivity index is 2.02. The summed E-state index contributed by atoms with van der Waals surface area (Å²) in [4.78, 5) is 9.18. The number of hydrogen-bond acceptors (Lipinski definition) is 4. The first kappa shape index (κ1) is 12.8. The monoisotopic (exact) mass is 281 g/mol. The number of thiazole rings is 1. The minimum Gasteiger partial charge on any atom is -0.399 e. The third kappa shape index (κ3) is 2.42. The smallest absolute Gasteiger partial charge is 0.142 e. The minimum atomic E-state index is 0.752. The number of rotatable bonds is 2. The predicted molar refractivity (Wildman–Crippen MR) is 84.7 cm³/mol. The van der Waals surface area contributed by atoms with Crippen molar-refractivity contribution in [3.8, 4) is 22.0 Å². The molecule has 2 aromatic heterocycles.